The van der Waals surface area contributed by atoms with E-state index in [-0.39, 0.29) is 24.8 Å². The van der Waals surface area contributed by atoms with Gasteiger partial charge < -0.3 is 10.6 Å². The number of hydrogen-bond acceptors (Lipinski definition) is 6. The molecule has 32 heavy (non-hydrogen) atoms. The molecule has 10 heteroatoms. The Balaban J connectivity index is 1.48. The molecule has 1 amide bonds. The molecule has 0 spiro atoms. The highest BCUT2D eigenvalue weighted by Gasteiger charge is 2.46. The molecule has 0 radical (unpaired) electrons. The third kappa shape index (κ3) is 4.56. The minimum Gasteiger partial charge on any atom is -0.337 e. The number of carbonyl (C=O) groups is 1. The third-order valence-corrected chi connectivity index (χ3v) is 5.23. The predicted molar refractivity (Wildman–Crippen MR) is 113 cm³/mol. The standard InChI is InChI=1S/C22H21F2N7O/c1-13-10-26-21(29-17-11-27-31(12-17)18-7-22(23,24)8-18)30-19(13)15-3-5-16(6-4-15)20(32)28-14(2)9-25/h3-6,10-12,14,18H,7-8H2,1-2H3,(H,28,32)(H,26,29,30). The summed E-state index contributed by atoms with van der Waals surface area (Å²) in [6.45, 7) is 3.49. The Hall–Kier alpha value is -3.87. The highest BCUT2D eigenvalue weighted by molar-refractivity contribution is 5.95. The van der Waals surface area contributed by atoms with Crippen LogP contribution >= 0.6 is 0 Å². The van der Waals surface area contributed by atoms with Crippen molar-refractivity contribution in [3.8, 4) is 17.3 Å². The largest absolute Gasteiger partial charge is 0.337 e. The fraction of sp³-hybridized carbons (Fsp3) is 0.318. The van der Waals surface area contributed by atoms with Crippen molar-refractivity contribution in [3.05, 3.63) is 54.0 Å². The lowest BCUT2D eigenvalue weighted by molar-refractivity contribution is -0.106. The zero-order valence-corrected chi connectivity index (χ0v) is 17.5. The quantitative estimate of drug-likeness (QED) is 0.603. The van der Waals surface area contributed by atoms with Crippen LogP contribution in [0.2, 0.25) is 0 Å². The van der Waals surface area contributed by atoms with Crippen molar-refractivity contribution < 1.29 is 13.6 Å². The van der Waals surface area contributed by atoms with Crippen LogP contribution in [0.3, 0.4) is 0 Å². The SMILES string of the molecule is Cc1cnc(Nc2cnn(C3CC(F)(F)C3)c2)nc1-c1ccc(C(=O)NC(C)C#N)cc1. The first-order valence-electron chi connectivity index (χ1n) is 10.1. The first-order chi connectivity index (χ1) is 15.2. The lowest BCUT2D eigenvalue weighted by atomic mass is 9.88. The van der Waals surface area contributed by atoms with E-state index in [9.17, 15) is 13.6 Å². The summed E-state index contributed by atoms with van der Waals surface area (Å²) in [6.07, 6.45) is 4.48. The second-order valence-electron chi connectivity index (χ2n) is 7.88. The van der Waals surface area contributed by atoms with Gasteiger partial charge in [-0.05, 0) is 31.5 Å². The molecule has 0 aliphatic heterocycles. The van der Waals surface area contributed by atoms with Gasteiger partial charge >= 0.3 is 0 Å². The number of benzene rings is 1. The van der Waals surface area contributed by atoms with Crippen LogP contribution in [0.1, 0.15) is 41.7 Å². The molecular weight excluding hydrogens is 416 g/mol. The predicted octanol–water partition coefficient (Wildman–Crippen LogP) is 4.00. The van der Waals surface area contributed by atoms with Crippen LogP contribution in [-0.4, -0.2) is 37.6 Å². The monoisotopic (exact) mass is 437 g/mol. The molecule has 164 valence electrons. The maximum absolute atomic E-state index is 13.1. The van der Waals surface area contributed by atoms with Crippen molar-refractivity contribution in [2.75, 3.05) is 5.32 Å². The third-order valence-electron chi connectivity index (χ3n) is 5.23. The number of carbonyl (C=O) groups excluding carboxylic acids is 1. The van der Waals surface area contributed by atoms with E-state index in [0.717, 1.165) is 11.1 Å². The fourth-order valence-corrected chi connectivity index (χ4v) is 3.43. The van der Waals surface area contributed by atoms with Crippen molar-refractivity contribution in [1.29, 1.82) is 5.26 Å². The van der Waals surface area contributed by atoms with Gasteiger partial charge in [0.15, 0.2) is 0 Å². The van der Waals surface area contributed by atoms with E-state index in [1.807, 2.05) is 13.0 Å². The summed E-state index contributed by atoms with van der Waals surface area (Å²) in [5.41, 5.74) is 3.37. The minimum atomic E-state index is -2.61. The van der Waals surface area contributed by atoms with Crippen LogP contribution in [0.15, 0.2) is 42.9 Å². The summed E-state index contributed by atoms with van der Waals surface area (Å²) in [6, 6.07) is 7.97. The first kappa shape index (κ1) is 21.4. The Morgan fingerprint density at radius 2 is 2.00 bits per heavy atom. The number of nitrogens with one attached hydrogen (secondary N) is 2. The summed E-state index contributed by atoms with van der Waals surface area (Å²) in [7, 11) is 0. The molecule has 1 fully saturated rings. The van der Waals surface area contributed by atoms with Gasteiger partial charge in [-0.1, -0.05) is 12.1 Å². The number of anilines is 2. The topological polar surface area (TPSA) is 109 Å². The van der Waals surface area contributed by atoms with E-state index in [4.69, 9.17) is 5.26 Å². The van der Waals surface area contributed by atoms with Gasteiger partial charge in [0, 0.05) is 36.4 Å². The summed E-state index contributed by atoms with van der Waals surface area (Å²) in [5, 5.41) is 18.6. The molecule has 2 aromatic heterocycles. The summed E-state index contributed by atoms with van der Waals surface area (Å²) in [5.74, 6) is -2.59. The van der Waals surface area contributed by atoms with Crippen LogP contribution < -0.4 is 10.6 Å². The molecule has 0 bridgehead atoms. The molecule has 1 atom stereocenters. The van der Waals surface area contributed by atoms with Gasteiger partial charge in [-0.3, -0.25) is 9.48 Å². The van der Waals surface area contributed by atoms with Gasteiger partial charge in [0.1, 0.15) is 6.04 Å². The second kappa shape index (κ2) is 8.34. The first-order valence-corrected chi connectivity index (χ1v) is 10.1. The van der Waals surface area contributed by atoms with Gasteiger partial charge in [-0.25, -0.2) is 18.7 Å². The van der Waals surface area contributed by atoms with Crippen molar-refractivity contribution in [2.24, 2.45) is 0 Å². The van der Waals surface area contributed by atoms with Gasteiger partial charge in [-0.2, -0.15) is 10.4 Å². The van der Waals surface area contributed by atoms with E-state index in [1.165, 1.54) is 4.68 Å². The molecule has 1 aliphatic rings. The van der Waals surface area contributed by atoms with Gasteiger partial charge in [-0.15, -0.1) is 0 Å². The van der Waals surface area contributed by atoms with E-state index in [0.29, 0.717) is 22.9 Å². The molecule has 3 aromatic rings. The summed E-state index contributed by atoms with van der Waals surface area (Å²) >= 11 is 0. The fourth-order valence-electron chi connectivity index (χ4n) is 3.43. The van der Waals surface area contributed by atoms with Crippen molar-refractivity contribution in [2.45, 2.75) is 44.7 Å². The zero-order chi connectivity index (χ0) is 22.9. The number of nitrogens with zero attached hydrogens (tertiary/aromatic N) is 5. The summed E-state index contributed by atoms with van der Waals surface area (Å²) < 4.78 is 27.7. The van der Waals surface area contributed by atoms with Crippen LogP contribution in [0.4, 0.5) is 20.4 Å². The molecule has 2 N–H and O–H groups in total. The maximum atomic E-state index is 13.1. The lowest BCUT2D eigenvalue weighted by Crippen LogP contribution is -2.37. The van der Waals surface area contributed by atoms with Gasteiger partial charge in [0.05, 0.1) is 29.7 Å². The molecule has 8 nitrogen and oxygen atoms in total. The second-order valence-corrected chi connectivity index (χ2v) is 7.88. The number of nitriles is 1. The summed E-state index contributed by atoms with van der Waals surface area (Å²) in [4.78, 5) is 21.0. The van der Waals surface area contributed by atoms with Crippen molar-refractivity contribution in [1.82, 2.24) is 25.1 Å². The normalized spacial score (nSPS) is 16.0. The average molecular weight is 437 g/mol. The highest BCUT2D eigenvalue weighted by Crippen LogP contribution is 2.45. The number of halogens is 2. The average Bonchev–Trinajstić information content (AvgIpc) is 3.21. The lowest BCUT2D eigenvalue weighted by Gasteiger charge is -2.34. The minimum absolute atomic E-state index is 0.206. The van der Waals surface area contributed by atoms with Crippen LogP contribution in [0.5, 0.6) is 0 Å². The molecule has 1 unspecified atom stereocenters. The Morgan fingerprint density at radius 1 is 1.28 bits per heavy atom. The Kier molecular flexibility index (Phi) is 5.57. The van der Waals surface area contributed by atoms with E-state index >= 15 is 0 Å². The van der Waals surface area contributed by atoms with Crippen molar-refractivity contribution in [3.63, 3.8) is 0 Å². The molecule has 2 heterocycles. The number of hydrogen-bond donors (Lipinski definition) is 2. The molecule has 4 rings (SSSR count). The van der Waals surface area contributed by atoms with Crippen LogP contribution in [0.25, 0.3) is 11.3 Å². The van der Waals surface area contributed by atoms with Crippen LogP contribution in [-0.2, 0) is 0 Å². The molecule has 1 saturated carbocycles. The van der Waals surface area contributed by atoms with E-state index in [1.54, 1.807) is 49.8 Å². The number of alkyl halides is 2. The maximum Gasteiger partial charge on any atom is 0.252 e. The number of aryl methyl sites for hydroxylation is 1. The number of aromatic nitrogens is 4. The molecule has 1 aliphatic carbocycles. The smallest absolute Gasteiger partial charge is 0.252 e. The van der Waals surface area contributed by atoms with Crippen molar-refractivity contribution >= 4 is 17.5 Å². The Labute approximate surface area is 183 Å². The number of amides is 1. The molecular formula is C22H21F2N7O. The molecule has 0 saturated heterocycles. The zero-order valence-electron chi connectivity index (χ0n) is 17.5. The van der Waals surface area contributed by atoms with E-state index in [2.05, 4.69) is 25.7 Å². The van der Waals surface area contributed by atoms with Crippen LogP contribution in [0, 0.1) is 18.3 Å². The molecule has 1 aromatic carbocycles. The Morgan fingerprint density at radius 3 is 2.66 bits per heavy atom. The van der Waals surface area contributed by atoms with Gasteiger partial charge in [0.25, 0.3) is 11.8 Å². The Bertz CT molecular complexity index is 1180. The van der Waals surface area contributed by atoms with E-state index < -0.39 is 12.0 Å². The van der Waals surface area contributed by atoms with Gasteiger partial charge in [0.2, 0.25) is 5.95 Å². The highest BCUT2D eigenvalue weighted by atomic mass is 19.3. The number of rotatable bonds is 6.